The summed E-state index contributed by atoms with van der Waals surface area (Å²) >= 11 is 0. The quantitative estimate of drug-likeness (QED) is 0.721. The molecule has 2 aliphatic carbocycles. The minimum atomic E-state index is -0.911. The molecule has 2 bridgehead atoms. The number of carbonyl (C=O) groups is 2. The molecule has 0 saturated heterocycles. The van der Waals surface area contributed by atoms with E-state index in [4.69, 9.17) is 9.84 Å². The number of carboxylic acid groups (broad SMARTS) is 1. The summed E-state index contributed by atoms with van der Waals surface area (Å²) in [6.45, 7) is 3.78. The molecule has 0 spiro atoms. The Balaban J connectivity index is 1.73. The summed E-state index contributed by atoms with van der Waals surface area (Å²) < 4.78 is 5.39. The van der Waals surface area contributed by atoms with Gasteiger partial charge >= 0.3 is 11.9 Å². The van der Waals surface area contributed by atoms with E-state index in [0.29, 0.717) is 12.3 Å². The molecule has 3 unspecified atom stereocenters. The highest BCUT2D eigenvalue weighted by atomic mass is 16.5. The van der Waals surface area contributed by atoms with E-state index in [-0.39, 0.29) is 18.3 Å². The van der Waals surface area contributed by atoms with E-state index in [9.17, 15) is 9.59 Å². The van der Waals surface area contributed by atoms with E-state index in [0.717, 1.165) is 18.3 Å². The summed E-state index contributed by atoms with van der Waals surface area (Å²) in [6.07, 6.45) is 8.80. The Morgan fingerprint density at radius 3 is 2.32 bits per heavy atom. The summed E-state index contributed by atoms with van der Waals surface area (Å²) in [5, 5.41) is 8.88. The Labute approximate surface area is 133 Å². The van der Waals surface area contributed by atoms with Crippen molar-refractivity contribution < 1.29 is 19.4 Å². The molecule has 4 heteroatoms. The van der Waals surface area contributed by atoms with Gasteiger partial charge in [0.2, 0.25) is 0 Å². The molecule has 0 aromatic heterocycles. The van der Waals surface area contributed by atoms with Crippen LogP contribution in [0.5, 0.6) is 0 Å². The van der Waals surface area contributed by atoms with Crippen LogP contribution in [0.2, 0.25) is 0 Å². The highest BCUT2D eigenvalue weighted by Gasteiger charge is 2.32. The van der Waals surface area contributed by atoms with E-state index >= 15 is 0 Å². The van der Waals surface area contributed by atoms with E-state index in [2.05, 4.69) is 0 Å². The Morgan fingerprint density at radius 2 is 1.77 bits per heavy atom. The molecule has 0 aliphatic heterocycles. The molecule has 2 saturated carbocycles. The highest BCUT2D eigenvalue weighted by molar-refractivity contribution is 5.71. The summed E-state index contributed by atoms with van der Waals surface area (Å²) in [4.78, 5) is 22.8. The molecular formula is C18H30O4. The Bertz CT molecular complexity index is 379. The van der Waals surface area contributed by atoms with Crippen LogP contribution in [-0.4, -0.2) is 23.1 Å². The van der Waals surface area contributed by atoms with Gasteiger partial charge in [0, 0.05) is 6.42 Å². The lowest BCUT2D eigenvalue weighted by Crippen LogP contribution is -2.29. The third kappa shape index (κ3) is 5.29. The average molecular weight is 310 g/mol. The maximum absolute atomic E-state index is 12.0. The molecule has 0 amide bonds. The van der Waals surface area contributed by atoms with Gasteiger partial charge in [-0.05, 0) is 49.4 Å². The van der Waals surface area contributed by atoms with Crippen molar-refractivity contribution in [2.45, 2.75) is 77.7 Å². The fraction of sp³-hybridized carbons (Fsp3) is 0.889. The van der Waals surface area contributed by atoms with Crippen LogP contribution >= 0.6 is 0 Å². The fourth-order valence-electron chi connectivity index (χ4n) is 4.24. The zero-order valence-electron chi connectivity index (χ0n) is 13.9. The van der Waals surface area contributed by atoms with Crippen molar-refractivity contribution in [1.29, 1.82) is 0 Å². The number of rotatable bonds is 7. The molecule has 3 atom stereocenters. The van der Waals surface area contributed by atoms with Gasteiger partial charge in [0.15, 0.2) is 0 Å². The van der Waals surface area contributed by atoms with Crippen molar-refractivity contribution >= 4 is 11.9 Å². The second kappa shape index (κ2) is 7.98. The molecule has 0 radical (unpaired) electrons. The van der Waals surface area contributed by atoms with Gasteiger partial charge in [-0.15, -0.1) is 0 Å². The molecule has 2 fully saturated rings. The molecular weight excluding hydrogens is 280 g/mol. The largest absolute Gasteiger partial charge is 0.481 e. The summed E-state index contributed by atoms with van der Waals surface area (Å²) in [5.74, 6) is 1.32. The minimum Gasteiger partial charge on any atom is -0.481 e. The lowest BCUT2D eigenvalue weighted by Gasteiger charge is -2.39. The van der Waals surface area contributed by atoms with Crippen LogP contribution in [0.3, 0.4) is 0 Å². The van der Waals surface area contributed by atoms with Crippen molar-refractivity contribution in [1.82, 2.24) is 0 Å². The van der Waals surface area contributed by atoms with Crippen LogP contribution in [0.25, 0.3) is 0 Å². The molecule has 126 valence electrons. The van der Waals surface area contributed by atoms with Crippen molar-refractivity contribution in [3.63, 3.8) is 0 Å². The Kier molecular flexibility index (Phi) is 6.27. The third-order valence-corrected chi connectivity index (χ3v) is 5.38. The number of fused-ring (bicyclic) bond motifs is 2. The average Bonchev–Trinajstić information content (AvgIpc) is 2.43. The first kappa shape index (κ1) is 17.3. The molecule has 2 aliphatic rings. The first-order chi connectivity index (χ1) is 10.4. The Hall–Kier alpha value is -1.06. The molecule has 4 nitrogen and oxygen atoms in total. The SMILES string of the molecule is CC(C)C(CC(=O)O)OC(=O)CCC1CC2CCCC(C2)C1. The van der Waals surface area contributed by atoms with Gasteiger partial charge in [0.1, 0.15) is 6.10 Å². The van der Waals surface area contributed by atoms with Crippen molar-refractivity contribution in [2.24, 2.45) is 23.7 Å². The number of ether oxygens (including phenoxy) is 1. The molecule has 22 heavy (non-hydrogen) atoms. The van der Waals surface area contributed by atoms with Crippen LogP contribution in [0.1, 0.15) is 71.6 Å². The molecule has 0 aromatic carbocycles. The topological polar surface area (TPSA) is 63.6 Å². The number of carboxylic acids is 1. The van der Waals surface area contributed by atoms with Crippen LogP contribution < -0.4 is 0 Å². The summed E-state index contributed by atoms with van der Waals surface area (Å²) in [7, 11) is 0. The maximum atomic E-state index is 12.0. The zero-order valence-corrected chi connectivity index (χ0v) is 13.9. The van der Waals surface area contributed by atoms with Crippen molar-refractivity contribution in [3.05, 3.63) is 0 Å². The second-order valence-corrected chi connectivity index (χ2v) is 7.64. The smallest absolute Gasteiger partial charge is 0.307 e. The molecule has 2 rings (SSSR count). The standard InChI is InChI=1S/C18H30O4/c1-12(2)16(11-17(19)20)22-18(21)7-6-15-9-13-4-3-5-14(8-13)10-15/h12-16H,3-11H2,1-2H3,(H,19,20). The first-order valence-corrected chi connectivity index (χ1v) is 8.85. The monoisotopic (exact) mass is 310 g/mol. The number of esters is 1. The minimum absolute atomic E-state index is 0.0362. The normalized spacial score (nSPS) is 29.1. The van der Waals surface area contributed by atoms with Gasteiger partial charge in [-0.1, -0.05) is 33.1 Å². The van der Waals surface area contributed by atoms with Gasteiger partial charge < -0.3 is 9.84 Å². The third-order valence-electron chi connectivity index (χ3n) is 5.38. The predicted molar refractivity (Wildman–Crippen MR) is 84.4 cm³/mol. The highest BCUT2D eigenvalue weighted by Crippen LogP contribution is 2.43. The van der Waals surface area contributed by atoms with E-state index < -0.39 is 12.1 Å². The van der Waals surface area contributed by atoms with Gasteiger partial charge in [-0.25, -0.2) is 0 Å². The van der Waals surface area contributed by atoms with E-state index in [1.54, 1.807) is 0 Å². The predicted octanol–water partition coefficient (Wildman–Crippen LogP) is 4.03. The fourth-order valence-corrected chi connectivity index (χ4v) is 4.24. The van der Waals surface area contributed by atoms with Crippen molar-refractivity contribution in [2.75, 3.05) is 0 Å². The number of hydrogen-bond donors (Lipinski definition) is 1. The molecule has 0 aromatic rings. The Morgan fingerprint density at radius 1 is 1.14 bits per heavy atom. The number of aliphatic carboxylic acids is 1. The van der Waals surface area contributed by atoms with E-state index in [1.165, 1.54) is 38.5 Å². The van der Waals surface area contributed by atoms with Crippen molar-refractivity contribution in [3.8, 4) is 0 Å². The number of carbonyl (C=O) groups excluding carboxylic acids is 1. The van der Waals surface area contributed by atoms with Crippen LogP contribution in [-0.2, 0) is 14.3 Å². The van der Waals surface area contributed by atoms with Gasteiger partial charge in [0.05, 0.1) is 6.42 Å². The summed E-state index contributed by atoms with van der Waals surface area (Å²) in [5.41, 5.74) is 0. The van der Waals surface area contributed by atoms with Crippen LogP contribution in [0.15, 0.2) is 0 Å². The zero-order chi connectivity index (χ0) is 16.1. The molecule has 1 N–H and O–H groups in total. The van der Waals surface area contributed by atoms with Gasteiger partial charge in [-0.3, -0.25) is 9.59 Å². The van der Waals surface area contributed by atoms with Crippen LogP contribution in [0, 0.1) is 23.7 Å². The van der Waals surface area contributed by atoms with Gasteiger partial charge in [0.25, 0.3) is 0 Å². The number of hydrogen-bond acceptors (Lipinski definition) is 3. The maximum Gasteiger partial charge on any atom is 0.307 e. The second-order valence-electron chi connectivity index (χ2n) is 7.64. The van der Waals surface area contributed by atoms with E-state index in [1.807, 2.05) is 13.8 Å². The summed E-state index contributed by atoms with van der Waals surface area (Å²) in [6, 6.07) is 0. The van der Waals surface area contributed by atoms with Gasteiger partial charge in [-0.2, -0.15) is 0 Å². The first-order valence-electron chi connectivity index (χ1n) is 8.85. The molecule has 0 heterocycles. The lowest BCUT2D eigenvalue weighted by molar-refractivity contribution is -0.155. The van der Waals surface area contributed by atoms with Crippen LogP contribution in [0.4, 0.5) is 0 Å². The lowest BCUT2D eigenvalue weighted by atomic mass is 9.67.